The lowest BCUT2D eigenvalue weighted by Crippen LogP contribution is -2.33. The maximum Gasteiger partial charge on any atom is 0.0701 e. The molecule has 0 saturated carbocycles. The molecule has 1 aromatic rings. The molecule has 3 heteroatoms. The van der Waals surface area contributed by atoms with Gasteiger partial charge >= 0.3 is 0 Å². The first-order chi connectivity index (χ1) is 7.59. The summed E-state index contributed by atoms with van der Waals surface area (Å²) in [5, 5.41) is 3.55. The van der Waals surface area contributed by atoms with Crippen molar-refractivity contribution in [2.75, 3.05) is 13.1 Å². The number of nitrogens with one attached hydrogen (secondary N) is 1. The Hall–Kier alpha value is 0.140. The second kappa shape index (κ2) is 6.77. The van der Waals surface area contributed by atoms with Crippen molar-refractivity contribution >= 4 is 27.3 Å². The Labute approximate surface area is 112 Å². The van der Waals surface area contributed by atoms with Gasteiger partial charge in [0.05, 0.1) is 3.79 Å². The highest BCUT2D eigenvalue weighted by Gasteiger charge is 2.22. The minimum Gasteiger partial charge on any atom is -0.316 e. The van der Waals surface area contributed by atoms with Crippen molar-refractivity contribution in [2.45, 2.75) is 40.0 Å². The Bertz CT molecular complexity index is 311. The molecule has 0 bridgehead atoms. The Morgan fingerprint density at radius 1 is 1.38 bits per heavy atom. The van der Waals surface area contributed by atoms with E-state index in [0.717, 1.165) is 13.1 Å². The molecule has 0 spiro atoms. The van der Waals surface area contributed by atoms with Gasteiger partial charge in [0.15, 0.2) is 0 Å². The summed E-state index contributed by atoms with van der Waals surface area (Å²) < 4.78 is 1.24. The number of halogens is 1. The standard InChI is InChI=1S/C13H22BrNS/c1-4-8-15-10-13(3,5-2)9-11-6-7-12(14)16-11/h6-7,15H,4-5,8-10H2,1-3H3. The summed E-state index contributed by atoms with van der Waals surface area (Å²) in [6.07, 6.45) is 3.61. The van der Waals surface area contributed by atoms with E-state index >= 15 is 0 Å². The Morgan fingerprint density at radius 2 is 2.12 bits per heavy atom. The highest BCUT2D eigenvalue weighted by molar-refractivity contribution is 9.11. The lowest BCUT2D eigenvalue weighted by molar-refractivity contribution is 0.293. The molecule has 92 valence electrons. The predicted octanol–water partition coefficient (Wildman–Crippen LogP) is 4.47. The van der Waals surface area contributed by atoms with E-state index in [1.165, 1.54) is 27.9 Å². The predicted molar refractivity (Wildman–Crippen MR) is 77.3 cm³/mol. The van der Waals surface area contributed by atoms with Gasteiger partial charge in [-0.1, -0.05) is 20.8 Å². The van der Waals surface area contributed by atoms with Crippen molar-refractivity contribution in [3.63, 3.8) is 0 Å². The molecular weight excluding hydrogens is 282 g/mol. The smallest absolute Gasteiger partial charge is 0.0701 e. The molecule has 0 aromatic carbocycles. The van der Waals surface area contributed by atoms with Gasteiger partial charge in [-0.15, -0.1) is 11.3 Å². The normalized spacial score (nSPS) is 15.0. The Kier molecular flexibility index (Phi) is 6.01. The van der Waals surface area contributed by atoms with Gasteiger partial charge in [0.1, 0.15) is 0 Å². The van der Waals surface area contributed by atoms with Gasteiger partial charge in [-0.3, -0.25) is 0 Å². The van der Waals surface area contributed by atoms with Crippen molar-refractivity contribution in [1.82, 2.24) is 5.32 Å². The van der Waals surface area contributed by atoms with E-state index < -0.39 is 0 Å². The third-order valence-corrected chi connectivity index (χ3v) is 4.69. The van der Waals surface area contributed by atoms with Gasteiger partial charge in [0.25, 0.3) is 0 Å². The van der Waals surface area contributed by atoms with E-state index in [4.69, 9.17) is 0 Å². The molecule has 0 aliphatic heterocycles. The molecule has 1 heterocycles. The Balaban J connectivity index is 2.51. The SMILES string of the molecule is CCCNCC(C)(CC)Cc1ccc(Br)s1. The average molecular weight is 304 g/mol. The van der Waals surface area contributed by atoms with Crippen LogP contribution in [0.2, 0.25) is 0 Å². The third-order valence-electron chi connectivity index (χ3n) is 3.06. The van der Waals surface area contributed by atoms with Gasteiger partial charge in [-0.05, 0) is 59.3 Å². The Morgan fingerprint density at radius 3 is 2.62 bits per heavy atom. The van der Waals surface area contributed by atoms with Crippen LogP contribution in [0.1, 0.15) is 38.5 Å². The molecule has 1 unspecified atom stereocenters. The molecule has 1 N–H and O–H groups in total. The molecule has 0 radical (unpaired) electrons. The zero-order chi connectivity index (χ0) is 12.0. The van der Waals surface area contributed by atoms with Crippen LogP contribution < -0.4 is 5.32 Å². The zero-order valence-corrected chi connectivity index (χ0v) is 12.9. The summed E-state index contributed by atoms with van der Waals surface area (Å²) in [4.78, 5) is 1.48. The molecule has 1 nitrogen and oxygen atoms in total. The summed E-state index contributed by atoms with van der Waals surface area (Å²) in [5.74, 6) is 0. The van der Waals surface area contributed by atoms with Crippen LogP contribution in [0.15, 0.2) is 15.9 Å². The molecule has 1 rings (SSSR count). The third kappa shape index (κ3) is 4.56. The monoisotopic (exact) mass is 303 g/mol. The molecule has 0 aliphatic carbocycles. The lowest BCUT2D eigenvalue weighted by Gasteiger charge is -2.28. The van der Waals surface area contributed by atoms with Crippen LogP contribution in [0.25, 0.3) is 0 Å². The van der Waals surface area contributed by atoms with Gasteiger partial charge in [0.2, 0.25) is 0 Å². The lowest BCUT2D eigenvalue weighted by atomic mass is 9.83. The number of rotatable bonds is 7. The molecule has 0 fully saturated rings. The van der Waals surface area contributed by atoms with Gasteiger partial charge in [-0.2, -0.15) is 0 Å². The van der Waals surface area contributed by atoms with Gasteiger partial charge in [-0.25, -0.2) is 0 Å². The van der Waals surface area contributed by atoms with Crippen molar-refractivity contribution in [3.8, 4) is 0 Å². The highest BCUT2D eigenvalue weighted by Crippen LogP contribution is 2.31. The van der Waals surface area contributed by atoms with Crippen molar-refractivity contribution in [2.24, 2.45) is 5.41 Å². The van der Waals surface area contributed by atoms with Crippen LogP contribution in [0.3, 0.4) is 0 Å². The zero-order valence-electron chi connectivity index (χ0n) is 10.5. The van der Waals surface area contributed by atoms with Crippen LogP contribution in [0.5, 0.6) is 0 Å². The van der Waals surface area contributed by atoms with E-state index in [-0.39, 0.29) is 0 Å². The topological polar surface area (TPSA) is 12.0 Å². The van der Waals surface area contributed by atoms with Crippen molar-refractivity contribution in [1.29, 1.82) is 0 Å². The highest BCUT2D eigenvalue weighted by atomic mass is 79.9. The van der Waals surface area contributed by atoms with Gasteiger partial charge in [0, 0.05) is 11.4 Å². The number of hydrogen-bond donors (Lipinski definition) is 1. The van der Waals surface area contributed by atoms with E-state index in [1.807, 2.05) is 11.3 Å². The summed E-state index contributed by atoms with van der Waals surface area (Å²) in [7, 11) is 0. The molecular formula is C13H22BrNS. The summed E-state index contributed by atoms with van der Waals surface area (Å²) in [5.41, 5.74) is 0.388. The van der Waals surface area contributed by atoms with Crippen LogP contribution in [-0.2, 0) is 6.42 Å². The molecule has 16 heavy (non-hydrogen) atoms. The first-order valence-electron chi connectivity index (χ1n) is 6.04. The molecule has 0 amide bonds. The fourth-order valence-corrected chi connectivity index (χ4v) is 3.45. The second-order valence-electron chi connectivity index (χ2n) is 4.72. The molecule has 1 atom stereocenters. The van der Waals surface area contributed by atoms with E-state index in [9.17, 15) is 0 Å². The van der Waals surface area contributed by atoms with E-state index in [2.05, 4.69) is 54.2 Å². The van der Waals surface area contributed by atoms with E-state index in [0.29, 0.717) is 5.41 Å². The van der Waals surface area contributed by atoms with Crippen LogP contribution in [0.4, 0.5) is 0 Å². The minimum atomic E-state index is 0.388. The first-order valence-corrected chi connectivity index (χ1v) is 7.65. The van der Waals surface area contributed by atoms with Crippen molar-refractivity contribution < 1.29 is 0 Å². The summed E-state index contributed by atoms with van der Waals surface area (Å²) in [6.45, 7) is 9.13. The molecule has 1 aromatic heterocycles. The maximum atomic E-state index is 3.55. The van der Waals surface area contributed by atoms with Crippen LogP contribution >= 0.6 is 27.3 Å². The average Bonchev–Trinajstić information content (AvgIpc) is 2.64. The fraction of sp³-hybridized carbons (Fsp3) is 0.692. The van der Waals surface area contributed by atoms with Gasteiger partial charge < -0.3 is 5.32 Å². The maximum absolute atomic E-state index is 3.55. The first kappa shape index (κ1) is 14.2. The molecule has 0 saturated heterocycles. The number of hydrogen-bond acceptors (Lipinski definition) is 2. The molecule has 0 aliphatic rings. The number of thiophene rings is 1. The fourth-order valence-electron chi connectivity index (χ4n) is 1.75. The van der Waals surface area contributed by atoms with Crippen LogP contribution in [0, 0.1) is 5.41 Å². The minimum absolute atomic E-state index is 0.388. The van der Waals surface area contributed by atoms with Crippen molar-refractivity contribution in [3.05, 3.63) is 20.8 Å². The second-order valence-corrected chi connectivity index (χ2v) is 7.27. The van der Waals surface area contributed by atoms with E-state index in [1.54, 1.807) is 0 Å². The summed E-state index contributed by atoms with van der Waals surface area (Å²) in [6, 6.07) is 4.39. The largest absolute Gasteiger partial charge is 0.316 e. The quantitative estimate of drug-likeness (QED) is 0.733. The van der Waals surface area contributed by atoms with Crippen LogP contribution in [-0.4, -0.2) is 13.1 Å². The summed E-state index contributed by atoms with van der Waals surface area (Å²) >= 11 is 5.39.